The van der Waals surface area contributed by atoms with E-state index in [-0.39, 0.29) is 30.4 Å². The molecule has 0 aliphatic carbocycles. The largest absolute Gasteiger partial charge is 0.460 e. The van der Waals surface area contributed by atoms with Gasteiger partial charge in [0.25, 0.3) is 17.7 Å². The fraction of sp³-hybridized carbons (Fsp3) is 0.382. The Balaban J connectivity index is 1.65. The van der Waals surface area contributed by atoms with Crippen LogP contribution in [0.15, 0.2) is 53.5 Å². The molecule has 0 spiro atoms. The summed E-state index contributed by atoms with van der Waals surface area (Å²) < 4.78 is 51.8. The van der Waals surface area contributed by atoms with E-state index < -0.39 is 52.8 Å². The van der Waals surface area contributed by atoms with Gasteiger partial charge in [0.2, 0.25) is 0 Å². The Hall–Kier alpha value is -4.52. The minimum atomic E-state index is -1.20. The first-order valence-corrected chi connectivity index (χ1v) is 15.9. The van der Waals surface area contributed by atoms with Gasteiger partial charge in [-0.1, -0.05) is 36.9 Å². The van der Waals surface area contributed by atoms with Gasteiger partial charge in [0.05, 0.1) is 5.75 Å². The lowest BCUT2D eigenvalue weighted by Gasteiger charge is -2.23. The maximum Gasteiger partial charge on any atom is 0.407 e. The van der Waals surface area contributed by atoms with Crippen LogP contribution in [0.1, 0.15) is 66.0 Å². The van der Waals surface area contributed by atoms with Crippen LogP contribution in [0.25, 0.3) is 11.1 Å². The van der Waals surface area contributed by atoms with Crippen LogP contribution in [0.3, 0.4) is 0 Å². The molecule has 250 valence electrons. The smallest absolute Gasteiger partial charge is 0.407 e. The Labute approximate surface area is 276 Å². The van der Waals surface area contributed by atoms with Crippen LogP contribution in [0.4, 0.5) is 13.6 Å². The van der Waals surface area contributed by atoms with Gasteiger partial charge in [-0.25, -0.2) is 23.4 Å². The summed E-state index contributed by atoms with van der Waals surface area (Å²) in [5.74, 6) is -4.20. The van der Waals surface area contributed by atoms with Crippen LogP contribution in [0.2, 0.25) is 0 Å². The number of hydrogen-bond donors (Lipinski definition) is 1. The number of carbonyl (C=O) groups excluding carboxylic acids is 3. The highest BCUT2D eigenvalue weighted by Gasteiger charge is 2.28. The van der Waals surface area contributed by atoms with Crippen LogP contribution >= 0.6 is 11.8 Å². The molecular formula is C34H37F2N3O7S. The van der Waals surface area contributed by atoms with E-state index in [0.717, 1.165) is 11.1 Å². The number of hydrogen-bond acceptors (Lipinski definition) is 9. The SMILES string of the molecule is CCC(Oc1nc(Oc2cc(C3=NC(=O)CS3)cc(-c3cccc(CNC(=O)OC(C)(C)C)c3)c2)c(F)cc1F)C(=O)OC(C)(C)C. The standard InChI is InChI=1S/C34H37F2N3O7S/c1-8-26(31(41)45-33(2,3)4)44-29-25(36)16-24(35)28(39-29)43-23-14-21(13-22(15-23)30-38-27(40)18-47-30)20-11-9-10-19(12-20)17-37-32(42)46-34(5,6)7/h9-16,26H,8,17-18H2,1-7H3,(H,37,42). The Morgan fingerprint density at radius 1 is 0.915 bits per heavy atom. The molecule has 1 aliphatic heterocycles. The second-order valence-corrected chi connectivity index (χ2v) is 13.6. The third-order valence-electron chi connectivity index (χ3n) is 6.18. The fourth-order valence-electron chi connectivity index (χ4n) is 4.25. The first kappa shape index (κ1) is 35.3. The van der Waals surface area contributed by atoms with Gasteiger partial charge in [-0.15, -0.1) is 0 Å². The van der Waals surface area contributed by atoms with Crippen molar-refractivity contribution in [2.24, 2.45) is 4.99 Å². The van der Waals surface area contributed by atoms with Gasteiger partial charge in [-0.3, -0.25) is 4.79 Å². The first-order valence-electron chi connectivity index (χ1n) is 14.9. The zero-order valence-corrected chi connectivity index (χ0v) is 28.1. The number of nitrogens with zero attached hydrogens (tertiary/aromatic N) is 2. The van der Waals surface area contributed by atoms with Crippen molar-refractivity contribution in [3.63, 3.8) is 0 Å². The number of rotatable bonds is 10. The van der Waals surface area contributed by atoms with Crippen molar-refractivity contribution < 1.29 is 42.1 Å². The van der Waals surface area contributed by atoms with E-state index in [1.165, 1.54) is 11.8 Å². The van der Waals surface area contributed by atoms with E-state index in [9.17, 15) is 18.8 Å². The molecule has 2 amide bonds. The third kappa shape index (κ3) is 10.2. The summed E-state index contributed by atoms with van der Waals surface area (Å²) in [6.45, 7) is 12.2. The van der Waals surface area contributed by atoms with Crippen molar-refractivity contribution in [1.29, 1.82) is 0 Å². The van der Waals surface area contributed by atoms with Gasteiger partial charge in [0.15, 0.2) is 17.7 Å². The van der Waals surface area contributed by atoms with Gasteiger partial charge in [-0.2, -0.15) is 4.98 Å². The molecule has 4 rings (SSSR count). The summed E-state index contributed by atoms with van der Waals surface area (Å²) in [7, 11) is 0. The highest BCUT2D eigenvalue weighted by Crippen LogP contribution is 2.34. The average molecular weight is 670 g/mol. The summed E-state index contributed by atoms with van der Waals surface area (Å²) in [6, 6.07) is 12.8. The third-order valence-corrected chi connectivity index (χ3v) is 7.17. The highest BCUT2D eigenvalue weighted by molar-refractivity contribution is 8.15. The van der Waals surface area contributed by atoms with E-state index in [0.29, 0.717) is 22.2 Å². The minimum absolute atomic E-state index is 0.112. The van der Waals surface area contributed by atoms with Crippen molar-refractivity contribution in [3.8, 4) is 28.6 Å². The van der Waals surface area contributed by atoms with Gasteiger partial charge in [-0.05, 0) is 88.9 Å². The summed E-state index contributed by atoms with van der Waals surface area (Å²) in [5.41, 5.74) is 1.18. The molecule has 0 saturated heterocycles. The zero-order chi connectivity index (χ0) is 34.5. The molecule has 1 atom stereocenters. The predicted molar refractivity (Wildman–Crippen MR) is 174 cm³/mol. The minimum Gasteiger partial charge on any atom is -0.460 e. The molecular weight excluding hydrogens is 632 g/mol. The summed E-state index contributed by atoms with van der Waals surface area (Å²) >= 11 is 1.25. The van der Waals surface area contributed by atoms with Crippen molar-refractivity contribution in [2.75, 3.05) is 5.75 Å². The molecule has 0 radical (unpaired) electrons. The quantitative estimate of drug-likeness (QED) is 0.220. The topological polar surface area (TPSA) is 125 Å². The summed E-state index contributed by atoms with van der Waals surface area (Å²) in [4.78, 5) is 44.7. The highest BCUT2D eigenvalue weighted by atomic mass is 32.2. The number of thioether (sulfide) groups is 1. The molecule has 13 heteroatoms. The van der Waals surface area contributed by atoms with Crippen LogP contribution in [0, 0.1) is 11.6 Å². The van der Waals surface area contributed by atoms with E-state index in [4.69, 9.17) is 18.9 Å². The second-order valence-electron chi connectivity index (χ2n) is 12.6. The molecule has 10 nitrogen and oxygen atoms in total. The number of carbonyl (C=O) groups is 3. The number of nitrogens with one attached hydrogen (secondary N) is 1. The molecule has 2 aromatic carbocycles. The summed E-state index contributed by atoms with van der Waals surface area (Å²) in [6.07, 6.45) is -1.62. The van der Waals surface area contributed by atoms with Crippen LogP contribution in [0.5, 0.6) is 17.5 Å². The first-order chi connectivity index (χ1) is 22.0. The predicted octanol–water partition coefficient (Wildman–Crippen LogP) is 7.36. The van der Waals surface area contributed by atoms with Gasteiger partial charge < -0.3 is 24.3 Å². The van der Waals surface area contributed by atoms with E-state index >= 15 is 4.39 Å². The van der Waals surface area contributed by atoms with Crippen molar-refractivity contribution >= 4 is 34.8 Å². The number of aromatic nitrogens is 1. The van der Waals surface area contributed by atoms with E-state index in [1.54, 1.807) is 72.7 Å². The molecule has 1 aromatic heterocycles. The van der Waals surface area contributed by atoms with Crippen molar-refractivity contribution in [2.45, 2.75) is 78.7 Å². The number of benzene rings is 2. The molecule has 0 saturated carbocycles. The molecule has 47 heavy (non-hydrogen) atoms. The van der Waals surface area contributed by atoms with Crippen molar-refractivity contribution in [3.05, 3.63) is 71.3 Å². The number of esters is 1. The molecule has 2 heterocycles. The Kier molecular flexibility index (Phi) is 10.9. The number of pyridine rings is 1. The van der Waals surface area contributed by atoms with Crippen LogP contribution < -0.4 is 14.8 Å². The number of ether oxygens (including phenoxy) is 4. The Morgan fingerprint density at radius 3 is 2.23 bits per heavy atom. The Bertz CT molecular complexity index is 1700. The summed E-state index contributed by atoms with van der Waals surface area (Å²) in [5, 5.41) is 3.17. The van der Waals surface area contributed by atoms with E-state index in [1.807, 2.05) is 18.2 Å². The second kappa shape index (κ2) is 14.5. The maximum absolute atomic E-state index is 15.0. The van der Waals surface area contributed by atoms with Crippen LogP contribution in [-0.2, 0) is 25.6 Å². The molecule has 1 aliphatic rings. The van der Waals surface area contributed by atoms with Gasteiger partial charge in [0, 0.05) is 18.2 Å². The fourth-order valence-corrected chi connectivity index (χ4v) is 5.03. The average Bonchev–Trinajstić information content (AvgIpc) is 3.41. The monoisotopic (exact) mass is 669 g/mol. The lowest BCUT2D eigenvalue weighted by molar-refractivity contribution is -0.163. The van der Waals surface area contributed by atoms with Gasteiger partial charge in [0.1, 0.15) is 22.0 Å². The maximum atomic E-state index is 15.0. The molecule has 1 unspecified atom stereocenters. The van der Waals surface area contributed by atoms with E-state index in [2.05, 4.69) is 15.3 Å². The lowest BCUT2D eigenvalue weighted by Crippen LogP contribution is -2.35. The number of halogens is 2. The number of alkyl carbamates (subject to hydrolysis) is 1. The zero-order valence-electron chi connectivity index (χ0n) is 27.2. The number of amides is 2. The normalized spacial score (nSPS) is 13.9. The number of aliphatic imine (C=N–C) groups is 1. The van der Waals surface area contributed by atoms with Crippen molar-refractivity contribution in [1.82, 2.24) is 10.3 Å². The lowest BCUT2D eigenvalue weighted by atomic mass is 10.0. The molecule has 1 N–H and O–H groups in total. The molecule has 3 aromatic rings. The Morgan fingerprint density at radius 2 is 1.60 bits per heavy atom. The molecule has 0 fully saturated rings. The van der Waals surface area contributed by atoms with Crippen LogP contribution in [-0.4, -0.2) is 51.1 Å². The van der Waals surface area contributed by atoms with Gasteiger partial charge >= 0.3 is 12.1 Å². The molecule has 0 bridgehead atoms.